The van der Waals surface area contributed by atoms with Crippen molar-refractivity contribution in [2.75, 3.05) is 20.3 Å². The summed E-state index contributed by atoms with van der Waals surface area (Å²) in [6.45, 7) is 1.93. The summed E-state index contributed by atoms with van der Waals surface area (Å²) >= 11 is 0. The molecule has 0 aromatic rings. The Morgan fingerprint density at radius 2 is 2.17 bits per heavy atom. The largest absolute Gasteiger partial charge is 0.462 e. The van der Waals surface area contributed by atoms with Crippen molar-refractivity contribution in [3.8, 4) is 0 Å². The quantitative estimate of drug-likeness (QED) is 0.411. The van der Waals surface area contributed by atoms with Crippen molar-refractivity contribution in [1.82, 2.24) is 0 Å². The molecule has 0 aromatic carbocycles. The van der Waals surface area contributed by atoms with Crippen LogP contribution in [-0.4, -0.2) is 43.5 Å². The maximum atomic E-state index is 10.9. The monoisotopic (exact) mass is 177 g/mol. The number of esters is 1. The molecule has 0 radical (unpaired) electrons. The van der Waals surface area contributed by atoms with E-state index in [4.69, 9.17) is 10.8 Å². The number of aliphatic hydroxyl groups excluding tert-OH is 1. The number of aliphatic hydroxyl groups is 1. The molecule has 12 heavy (non-hydrogen) atoms. The second kappa shape index (κ2) is 5.93. The Kier molecular flexibility index (Phi) is 5.61. The van der Waals surface area contributed by atoms with E-state index in [1.807, 2.05) is 0 Å². The van der Waals surface area contributed by atoms with Gasteiger partial charge in [-0.2, -0.15) is 0 Å². The number of hydrogen-bond donors (Lipinski definition) is 2. The van der Waals surface area contributed by atoms with E-state index in [1.165, 1.54) is 14.0 Å². The molecule has 0 aromatic heterocycles. The summed E-state index contributed by atoms with van der Waals surface area (Å²) in [5.74, 6) is -0.609. The Morgan fingerprint density at radius 3 is 2.58 bits per heavy atom. The smallest absolute Gasteiger partial charge is 0.325 e. The average molecular weight is 177 g/mol. The Morgan fingerprint density at radius 1 is 1.58 bits per heavy atom. The number of ether oxygens (including phenoxy) is 2. The van der Waals surface area contributed by atoms with Gasteiger partial charge in [0.15, 0.2) is 0 Å². The van der Waals surface area contributed by atoms with Crippen LogP contribution < -0.4 is 5.73 Å². The second-order valence-corrected chi connectivity index (χ2v) is 2.43. The summed E-state index contributed by atoms with van der Waals surface area (Å²) in [4.78, 5) is 10.9. The van der Waals surface area contributed by atoms with Crippen molar-refractivity contribution in [2.45, 2.75) is 19.1 Å². The van der Waals surface area contributed by atoms with Gasteiger partial charge in [-0.1, -0.05) is 0 Å². The van der Waals surface area contributed by atoms with E-state index >= 15 is 0 Å². The van der Waals surface area contributed by atoms with E-state index in [0.717, 1.165) is 0 Å². The van der Waals surface area contributed by atoms with Gasteiger partial charge in [0.2, 0.25) is 0 Å². The van der Waals surface area contributed by atoms with Crippen molar-refractivity contribution >= 4 is 5.97 Å². The topological polar surface area (TPSA) is 81.8 Å². The van der Waals surface area contributed by atoms with Gasteiger partial charge in [0.1, 0.15) is 12.6 Å². The van der Waals surface area contributed by atoms with Gasteiger partial charge in [-0.05, 0) is 6.92 Å². The first-order chi connectivity index (χ1) is 5.59. The Balaban J connectivity index is 3.57. The van der Waals surface area contributed by atoms with Gasteiger partial charge >= 0.3 is 5.97 Å². The van der Waals surface area contributed by atoms with E-state index in [2.05, 4.69) is 9.47 Å². The van der Waals surface area contributed by atoms with Gasteiger partial charge in [-0.25, -0.2) is 0 Å². The molecule has 0 unspecified atom stereocenters. The van der Waals surface area contributed by atoms with E-state index < -0.39 is 18.1 Å². The molecule has 0 bridgehead atoms. The molecule has 0 aliphatic rings. The number of methoxy groups -OCH3 is 1. The van der Waals surface area contributed by atoms with Gasteiger partial charge in [0, 0.05) is 7.11 Å². The van der Waals surface area contributed by atoms with Crippen LogP contribution in [0.25, 0.3) is 0 Å². The predicted molar refractivity (Wildman–Crippen MR) is 42.5 cm³/mol. The lowest BCUT2D eigenvalue weighted by atomic mass is 10.2. The van der Waals surface area contributed by atoms with Crippen LogP contribution in [0, 0.1) is 0 Å². The summed E-state index contributed by atoms with van der Waals surface area (Å²) in [5.41, 5.74) is 5.28. The summed E-state index contributed by atoms with van der Waals surface area (Å²) in [7, 11) is 1.50. The molecule has 0 fully saturated rings. The fraction of sp³-hybridized carbons (Fsp3) is 0.857. The van der Waals surface area contributed by atoms with Gasteiger partial charge in [0.25, 0.3) is 0 Å². The molecule has 0 saturated heterocycles. The molecule has 0 saturated carbocycles. The Hall–Kier alpha value is -0.650. The maximum Gasteiger partial charge on any atom is 0.325 e. The van der Waals surface area contributed by atoms with Crippen molar-refractivity contribution < 1.29 is 19.4 Å². The fourth-order valence-corrected chi connectivity index (χ4v) is 0.519. The zero-order valence-electron chi connectivity index (χ0n) is 7.32. The Bertz CT molecular complexity index is 137. The third kappa shape index (κ3) is 4.27. The van der Waals surface area contributed by atoms with Crippen LogP contribution >= 0.6 is 0 Å². The number of nitrogens with two attached hydrogens (primary N) is 1. The van der Waals surface area contributed by atoms with Crippen molar-refractivity contribution in [3.05, 3.63) is 0 Å². The molecular weight excluding hydrogens is 162 g/mol. The second-order valence-electron chi connectivity index (χ2n) is 2.43. The molecule has 0 heterocycles. The predicted octanol–water partition coefficient (Wildman–Crippen LogP) is -1.12. The molecule has 2 atom stereocenters. The van der Waals surface area contributed by atoms with Crippen molar-refractivity contribution in [1.29, 1.82) is 0 Å². The molecule has 3 N–H and O–H groups in total. The van der Waals surface area contributed by atoms with Crippen LogP contribution in [0.3, 0.4) is 0 Å². The molecule has 0 rings (SSSR count). The van der Waals surface area contributed by atoms with E-state index in [1.54, 1.807) is 0 Å². The van der Waals surface area contributed by atoms with Gasteiger partial charge in [0.05, 0.1) is 12.7 Å². The highest BCUT2D eigenvalue weighted by Gasteiger charge is 2.19. The zero-order chi connectivity index (χ0) is 9.56. The summed E-state index contributed by atoms with van der Waals surface area (Å²) < 4.78 is 9.31. The highest BCUT2D eigenvalue weighted by atomic mass is 16.6. The number of carbonyl (C=O) groups is 1. The summed E-state index contributed by atoms with van der Waals surface area (Å²) in [6.07, 6.45) is -0.889. The van der Waals surface area contributed by atoms with Gasteiger partial charge < -0.3 is 20.3 Å². The molecule has 0 spiro atoms. The lowest BCUT2D eigenvalue weighted by Crippen LogP contribution is -2.41. The fourth-order valence-electron chi connectivity index (χ4n) is 0.519. The van der Waals surface area contributed by atoms with E-state index in [9.17, 15) is 4.79 Å². The van der Waals surface area contributed by atoms with Crippen LogP contribution in [0.15, 0.2) is 0 Å². The third-order valence-corrected chi connectivity index (χ3v) is 1.32. The minimum absolute atomic E-state index is 0.162. The SMILES string of the molecule is COCCOC(=O)[C@@H](N)[C@@H](C)O. The van der Waals surface area contributed by atoms with Gasteiger partial charge in [-0.15, -0.1) is 0 Å². The maximum absolute atomic E-state index is 10.9. The van der Waals surface area contributed by atoms with Crippen molar-refractivity contribution in [3.63, 3.8) is 0 Å². The lowest BCUT2D eigenvalue weighted by molar-refractivity contribution is -0.148. The summed E-state index contributed by atoms with van der Waals surface area (Å²) in [6, 6.07) is -0.971. The summed E-state index contributed by atoms with van der Waals surface area (Å²) in [5, 5.41) is 8.89. The van der Waals surface area contributed by atoms with Crippen molar-refractivity contribution in [2.24, 2.45) is 5.73 Å². The number of carbonyl (C=O) groups excluding carboxylic acids is 1. The number of hydrogen-bond acceptors (Lipinski definition) is 5. The number of rotatable bonds is 5. The third-order valence-electron chi connectivity index (χ3n) is 1.32. The van der Waals surface area contributed by atoms with Crippen LogP contribution in [0.4, 0.5) is 0 Å². The zero-order valence-corrected chi connectivity index (χ0v) is 7.32. The normalized spacial score (nSPS) is 15.3. The van der Waals surface area contributed by atoms with Crippen LogP contribution in [0.2, 0.25) is 0 Å². The average Bonchev–Trinajstić information content (AvgIpc) is 2.03. The van der Waals surface area contributed by atoms with Gasteiger partial charge in [-0.3, -0.25) is 4.79 Å². The minimum atomic E-state index is -0.971. The molecule has 5 heteroatoms. The first kappa shape index (κ1) is 11.4. The first-order valence-corrected chi connectivity index (χ1v) is 3.68. The van der Waals surface area contributed by atoms with Crippen LogP contribution in [0.1, 0.15) is 6.92 Å². The van der Waals surface area contributed by atoms with Crippen LogP contribution in [-0.2, 0) is 14.3 Å². The molecule has 72 valence electrons. The van der Waals surface area contributed by atoms with E-state index in [0.29, 0.717) is 6.61 Å². The molecular formula is C7H15NO4. The Labute approximate surface area is 71.5 Å². The van der Waals surface area contributed by atoms with E-state index in [-0.39, 0.29) is 6.61 Å². The highest BCUT2D eigenvalue weighted by molar-refractivity contribution is 5.76. The molecule has 0 aliphatic heterocycles. The first-order valence-electron chi connectivity index (χ1n) is 3.68. The standard InChI is InChI=1S/C7H15NO4/c1-5(9)6(8)7(10)12-4-3-11-2/h5-6,9H,3-4,8H2,1-2H3/t5-,6+/m1/s1. The molecule has 5 nitrogen and oxygen atoms in total. The molecule has 0 aliphatic carbocycles. The lowest BCUT2D eigenvalue weighted by Gasteiger charge is -2.13. The van der Waals surface area contributed by atoms with Crippen LogP contribution in [0.5, 0.6) is 0 Å². The highest BCUT2D eigenvalue weighted by Crippen LogP contribution is 1.92. The minimum Gasteiger partial charge on any atom is -0.462 e. The molecule has 0 amide bonds.